The second-order valence-electron chi connectivity index (χ2n) is 8.63. The third-order valence-corrected chi connectivity index (χ3v) is 6.71. The van der Waals surface area contributed by atoms with E-state index in [-0.39, 0.29) is 0 Å². The predicted octanol–water partition coefficient (Wildman–Crippen LogP) is 6.76. The maximum absolute atomic E-state index is 13.3. The Bertz CT molecular complexity index is 1140. The highest BCUT2D eigenvalue weighted by molar-refractivity contribution is 9.10. The molecule has 0 aliphatic carbocycles. The van der Waals surface area contributed by atoms with E-state index in [1.165, 1.54) is 0 Å². The molecule has 0 unspecified atom stereocenters. The summed E-state index contributed by atoms with van der Waals surface area (Å²) in [7, 11) is 0. The Kier molecular flexibility index (Phi) is 7.94. The molecule has 0 aliphatic rings. The van der Waals surface area contributed by atoms with Gasteiger partial charge in [0.2, 0.25) is 0 Å². The van der Waals surface area contributed by atoms with Crippen LogP contribution >= 0.6 is 15.9 Å². The van der Waals surface area contributed by atoms with Crippen molar-refractivity contribution in [2.45, 2.75) is 31.5 Å². The fourth-order valence-corrected chi connectivity index (χ4v) is 4.68. The van der Waals surface area contributed by atoms with E-state index >= 15 is 0 Å². The van der Waals surface area contributed by atoms with Crippen molar-refractivity contribution >= 4 is 21.9 Å². The molecular weight excluding hydrogens is 486 g/mol. The van der Waals surface area contributed by atoms with Crippen LogP contribution in [0.1, 0.15) is 22.3 Å². The molecule has 0 bridgehead atoms. The molecule has 34 heavy (non-hydrogen) atoms. The van der Waals surface area contributed by atoms with Crippen LogP contribution in [0.4, 0.5) is 0 Å². The summed E-state index contributed by atoms with van der Waals surface area (Å²) in [5.74, 6) is -0.814. The first kappa shape index (κ1) is 23.9. The van der Waals surface area contributed by atoms with Crippen molar-refractivity contribution in [3.8, 4) is 0 Å². The minimum atomic E-state index is -1.14. The summed E-state index contributed by atoms with van der Waals surface area (Å²) in [4.78, 5) is 15.4. The number of carbonyl (C=O) groups is 1. The summed E-state index contributed by atoms with van der Waals surface area (Å²) in [6, 6.07) is 38.2. The van der Waals surface area contributed by atoms with Gasteiger partial charge in [0, 0.05) is 30.4 Å². The van der Waals surface area contributed by atoms with E-state index in [0.717, 1.165) is 26.7 Å². The maximum Gasteiger partial charge on any atom is 0.324 e. The van der Waals surface area contributed by atoms with Gasteiger partial charge >= 0.3 is 5.97 Å². The van der Waals surface area contributed by atoms with Gasteiger partial charge in [-0.15, -0.1) is 0 Å². The van der Waals surface area contributed by atoms with Gasteiger partial charge in [-0.1, -0.05) is 119 Å². The van der Waals surface area contributed by atoms with E-state index in [4.69, 9.17) is 0 Å². The molecule has 0 heterocycles. The summed E-state index contributed by atoms with van der Waals surface area (Å²) >= 11 is 3.50. The number of hydrogen-bond donors (Lipinski definition) is 1. The minimum Gasteiger partial charge on any atom is -0.480 e. The number of carboxylic acid groups (broad SMARTS) is 1. The SMILES string of the molecule is O=C(O)[C@](Cc1ccccc1)(Cc1ccc(Br)cc1)N(Cc1ccccc1)Cc1ccccc1. The van der Waals surface area contributed by atoms with Gasteiger partial charge in [0.25, 0.3) is 0 Å². The fourth-order valence-electron chi connectivity index (χ4n) is 4.41. The molecule has 0 radical (unpaired) electrons. The van der Waals surface area contributed by atoms with Crippen LogP contribution in [0, 0.1) is 0 Å². The number of aliphatic carboxylic acids is 1. The summed E-state index contributed by atoms with van der Waals surface area (Å²) in [5.41, 5.74) is 3.04. The number of nitrogens with zero attached hydrogens (tertiary/aromatic N) is 1. The summed E-state index contributed by atoms with van der Waals surface area (Å²) in [6.07, 6.45) is 0.795. The van der Waals surface area contributed by atoms with Gasteiger partial charge < -0.3 is 5.11 Å². The molecule has 0 saturated heterocycles. The molecule has 3 nitrogen and oxygen atoms in total. The molecule has 4 heteroatoms. The molecule has 0 spiro atoms. The highest BCUT2D eigenvalue weighted by Gasteiger charge is 2.44. The second-order valence-corrected chi connectivity index (χ2v) is 9.55. The van der Waals surface area contributed by atoms with Crippen molar-refractivity contribution < 1.29 is 9.90 Å². The molecule has 4 aromatic rings. The zero-order valence-corrected chi connectivity index (χ0v) is 20.6. The lowest BCUT2D eigenvalue weighted by Gasteiger charge is -2.41. The Balaban J connectivity index is 1.82. The zero-order valence-electron chi connectivity index (χ0n) is 19.0. The first-order valence-electron chi connectivity index (χ1n) is 11.4. The van der Waals surface area contributed by atoms with Crippen molar-refractivity contribution in [2.75, 3.05) is 0 Å². The van der Waals surface area contributed by atoms with Crippen LogP contribution in [0.3, 0.4) is 0 Å². The van der Waals surface area contributed by atoms with Crippen molar-refractivity contribution in [3.05, 3.63) is 142 Å². The van der Waals surface area contributed by atoms with Gasteiger partial charge in [0.15, 0.2) is 0 Å². The second kappa shape index (κ2) is 11.3. The fraction of sp³-hybridized carbons (Fsp3) is 0.167. The van der Waals surface area contributed by atoms with Crippen LogP contribution in [-0.4, -0.2) is 21.5 Å². The zero-order chi connectivity index (χ0) is 23.8. The van der Waals surface area contributed by atoms with Crippen molar-refractivity contribution in [3.63, 3.8) is 0 Å². The Morgan fingerprint density at radius 3 is 1.41 bits per heavy atom. The average Bonchev–Trinajstić information content (AvgIpc) is 2.86. The molecule has 0 amide bonds. The summed E-state index contributed by atoms with van der Waals surface area (Å²) in [6.45, 7) is 1.07. The molecule has 1 N–H and O–H groups in total. The number of halogens is 1. The van der Waals surface area contributed by atoms with Crippen LogP contribution in [0.25, 0.3) is 0 Å². The lowest BCUT2D eigenvalue weighted by Crippen LogP contribution is -2.57. The third-order valence-electron chi connectivity index (χ3n) is 6.19. The number of rotatable bonds is 10. The van der Waals surface area contributed by atoms with E-state index in [1.54, 1.807) is 0 Å². The van der Waals surface area contributed by atoms with Crippen molar-refractivity contribution in [2.24, 2.45) is 0 Å². The molecule has 4 aromatic carbocycles. The number of hydrogen-bond acceptors (Lipinski definition) is 2. The molecule has 0 saturated carbocycles. The standard InChI is InChI=1S/C30H28BrNO2/c31-28-18-16-25(17-19-28)21-30(29(33)34,20-24-10-4-1-5-11-24)32(22-26-12-6-2-7-13-26)23-27-14-8-3-9-15-27/h1-19H,20-23H2,(H,33,34)/t30-/m0/s1. The van der Waals surface area contributed by atoms with Gasteiger partial charge in [-0.05, 0) is 34.4 Å². The van der Waals surface area contributed by atoms with E-state index in [9.17, 15) is 9.90 Å². The molecule has 0 aromatic heterocycles. The maximum atomic E-state index is 13.3. The van der Waals surface area contributed by atoms with E-state index in [0.29, 0.717) is 25.9 Å². The van der Waals surface area contributed by atoms with E-state index < -0.39 is 11.5 Å². The summed E-state index contributed by atoms with van der Waals surface area (Å²) < 4.78 is 0.977. The normalized spacial score (nSPS) is 12.9. The quantitative estimate of drug-likeness (QED) is 0.254. The van der Waals surface area contributed by atoms with Crippen molar-refractivity contribution in [1.29, 1.82) is 0 Å². The molecular formula is C30H28BrNO2. The summed E-state index contributed by atoms with van der Waals surface area (Å²) in [5, 5.41) is 10.9. The molecule has 1 atom stereocenters. The molecule has 0 aliphatic heterocycles. The number of benzene rings is 4. The van der Waals surface area contributed by atoms with Crippen LogP contribution < -0.4 is 0 Å². The van der Waals surface area contributed by atoms with Gasteiger partial charge in [-0.2, -0.15) is 0 Å². The number of carboxylic acids is 1. The average molecular weight is 514 g/mol. The van der Waals surface area contributed by atoms with Gasteiger partial charge in [0.1, 0.15) is 5.54 Å². The van der Waals surface area contributed by atoms with E-state index in [2.05, 4.69) is 45.1 Å². The van der Waals surface area contributed by atoms with Crippen LogP contribution in [0.15, 0.2) is 120 Å². The topological polar surface area (TPSA) is 40.5 Å². The first-order valence-corrected chi connectivity index (χ1v) is 12.2. The molecule has 4 rings (SSSR count). The Hall–Kier alpha value is -3.21. The molecule has 172 valence electrons. The van der Waals surface area contributed by atoms with E-state index in [1.807, 2.05) is 91.0 Å². The van der Waals surface area contributed by atoms with Crippen LogP contribution in [0.2, 0.25) is 0 Å². The van der Waals surface area contributed by atoms with Gasteiger partial charge in [0.05, 0.1) is 0 Å². The van der Waals surface area contributed by atoms with Gasteiger partial charge in [-0.25, -0.2) is 0 Å². The Morgan fingerprint density at radius 2 is 1.00 bits per heavy atom. The Labute approximate surface area is 209 Å². The van der Waals surface area contributed by atoms with Gasteiger partial charge in [-0.3, -0.25) is 9.69 Å². The Morgan fingerprint density at radius 1 is 0.618 bits per heavy atom. The highest BCUT2D eigenvalue weighted by atomic mass is 79.9. The smallest absolute Gasteiger partial charge is 0.324 e. The minimum absolute atomic E-state index is 0.393. The van der Waals surface area contributed by atoms with Crippen LogP contribution in [-0.2, 0) is 30.7 Å². The molecule has 0 fully saturated rings. The lowest BCUT2D eigenvalue weighted by atomic mass is 9.82. The highest BCUT2D eigenvalue weighted by Crippen LogP contribution is 2.31. The lowest BCUT2D eigenvalue weighted by molar-refractivity contribution is -0.153. The first-order chi connectivity index (χ1) is 16.5. The monoisotopic (exact) mass is 513 g/mol. The predicted molar refractivity (Wildman–Crippen MR) is 140 cm³/mol. The van der Waals surface area contributed by atoms with Crippen LogP contribution in [0.5, 0.6) is 0 Å². The van der Waals surface area contributed by atoms with Crippen molar-refractivity contribution in [1.82, 2.24) is 4.90 Å². The third kappa shape index (κ3) is 6.02. The largest absolute Gasteiger partial charge is 0.480 e.